The van der Waals surface area contributed by atoms with E-state index < -0.39 is 5.60 Å². The van der Waals surface area contributed by atoms with Crippen LogP contribution in [0.1, 0.15) is 23.8 Å². The number of halogens is 1. The first-order valence-corrected chi connectivity index (χ1v) is 7.26. The average Bonchev–Trinajstić information content (AvgIpc) is 2.85. The molecule has 3 rings (SSSR count). The van der Waals surface area contributed by atoms with Crippen LogP contribution in [0.4, 0.5) is 0 Å². The van der Waals surface area contributed by atoms with Gasteiger partial charge in [0.05, 0.1) is 0 Å². The number of benzene rings is 2. The van der Waals surface area contributed by atoms with E-state index in [4.69, 9.17) is 4.42 Å². The molecule has 0 saturated carbocycles. The van der Waals surface area contributed by atoms with Gasteiger partial charge in [-0.2, -0.15) is 0 Å². The second kappa shape index (κ2) is 4.76. The van der Waals surface area contributed by atoms with Gasteiger partial charge >= 0.3 is 0 Å². The molecule has 3 aromatic rings. The Balaban J connectivity index is 2.13. The lowest BCUT2D eigenvalue weighted by Crippen LogP contribution is -2.21. The summed E-state index contributed by atoms with van der Waals surface area (Å²) in [5, 5.41) is 11.8. The highest BCUT2D eigenvalue weighted by atomic mass is 79.9. The van der Waals surface area contributed by atoms with Crippen LogP contribution in [0, 0.1) is 6.92 Å². The molecule has 0 saturated heterocycles. The number of hydrogen-bond donors (Lipinski definition) is 1. The Hall–Kier alpha value is -1.58. The lowest BCUT2D eigenvalue weighted by Gasteiger charge is -2.21. The van der Waals surface area contributed by atoms with Crippen LogP contribution in [-0.2, 0) is 5.60 Å². The van der Waals surface area contributed by atoms with Gasteiger partial charge in [-0.05, 0) is 43.2 Å². The zero-order valence-electron chi connectivity index (χ0n) is 11.4. The molecule has 0 bridgehead atoms. The summed E-state index contributed by atoms with van der Waals surface area (Å²) in [5.41, 5.74) is 1.56. The standard InChI is InChI=1S/C17H15BrO2/c1-11-4-3-5-12-10-15(20-16(11)12)17(2,19)13-6-8-14(18)9-7-13/h3-10,19H,1-2H3. The van der Waals surface area contributed by atoms with E-state index in [0.717, 1.165) is 26.6 Å². The number of aryl methyl sites for hydroxylation is 1. The Labute approximate surface area is 126 Å². The largest absolute Gasteiger partial charge is 0.457 e. The van der Waals surface area contributed by atoms with Gasteiger partial charge in [0, 0.05) is 9.86 Å². The lowest BCUT2D eigenvalue weighted by atomic mass is 9.93. The fourth-order valence-electron chi connectivity index (χ4n) is 2.37. The quantitative estimate of drug-likeness (QED) is 0.734. The van der Waals surface area contributed by atoms with E-state index >= 15 is 0 Å². The van der Waals surface area contributed by atoms with Crippen LogP contribution >= 0.6 is 15.9 Å². The van der Waals surface area contributed by atoms with Crippen molar-refractivity contribution in [2.75, 3.05) is 0 Å². The fourth-order valence-corrected chi connectivity index (χ4v) is 2.63. The molecule has 1 unspecified atom stereocenters. The van der Waals surface area contributed by atoms with E-state index in [9.17, 15) is 5.11 Å². The molecule has 0 radical (unpaired) electrons. The van der Waals surface area contributed by atoms with Crippen molar-refractivity contribution in [3.05, 3.63) is 69.9 Å². The maximum atomic E-state index is 10.8. The second-order valence-electron chi connectivity index (χ2n) is 5.18. The minimum Gasteiger partial charge on any atom is -0.457 e. The first kappa shape index (κ1) is 13.4. The molecule has 0 amide bonds. The normalized spacial score (nSPS) is 14.4. The molecule has 2 nitrogen and oxygen atoms in total. The van der Waals surface area contributed by atoms with E-state index in [0.29, 0.717) is 5.76 Å². The number of furan rings is 1. The third-order valence-corrected chi connectivity index (χ3v) is 4.16. The first-order chi connectivity index (χ1) is 9.48. The molecule has 0 spiro atoms. The zero-order valence-corrected chi connectivity index (χ0v) is 12.9. The molecule has 3 heteroatoms. The predicted molar refractivity (Wildman–Crippen MR) is 83.8 cm³/mol. The molecular weight excluding hydrogens is 316 g/mol. The lowest BCUT2D eigenvalue weighted by molar-refractivity contribution is 0.0786. The predicted octanol–water partition coefficient (Wildman–Crippen LogP) is 4.76. The van der Waals surface area contributed by atoms with Crippen LogP contribution in [0.5, 0.6) is 0 Å². The van der Waals surface area contributed by atoms with E-state index in [1.54, 1.807) is 6.92 Å². The highest BCUT2D eigenvalue weighted by Gasteiger charge is 2.29. The molecule has 1 heterocycles. The summed E-state index contributed by atoms with van der Waals surface area (Å²) in [6, 6.07) is 15.5. The SMILES string of the molecule is Cc1cccc2cc(C(C)(O)c3ccc(Br)cc3)oc12. The summed E-state index contributed by atoms with van der Waals surface area (Å²) in [4.78, 5) is 0. The minimum atomic E-state index is -1.15. The summed E-state index contributed by atoms with van der Waals surface area (Å²) in [6.07, 6.45) is 0. The summed E-state index contributed by atoms with van der Waals surface area (Å²) >= 11 is 3.40. The van der Waals surface area contributed by atoms with Crippen LogP contribution in [0.2, 0.25) is 0 Å². The highest BCUT2D eigenvalue weighted by molar-refractivity contribution is 9.10. The van der Waals surface area contributed by atoms with Gasteiger partial charge in [-0.1, -0.05) is 46.3 Å². The van der Waals surface area contributed by atoms with Crippen molar-refractivity contribution < 1.29 is 9.52 Å². The molecule has 0 aliphatic carbocycles. The summed E-state index contributed by atoms with van der Waals surface area (Å²) in [6.45, 7) is 3.76. The topological polar surface area (TPSA) is 33.4 Å². The van der Waals surface area contributed by atoms with Crippen LogP contribution in [0.15, 0.2) is 57.4 Å². The van der Waals surface area contributed by atoms with Gasteiger partial charge in [-0.25, -0.2) is 0 Å². The molecule has 1 aromatic heterocycles. The van der Waals surface area contributed by atoms with Crippen molar-refractivity contribution >= 4 is 26.9 Å². The van der Waals surface area contributed by atoms with Gasteiger partial charge in [0.25, 0.3) is 0 Å². The maximum Gasteiger partial charge on any atom is 0.144 e. The van der Waals surface area contributed by atoms with Gasteiger partial charge in [-0.15, -0.1) is 0 Å². The number of fused-ring (bicyclic) bond motifs is 1. The Kier molecular flexibility index (Phi) is 3.19. The number of aliphatic hydroxyl groups is 1. The summed E-state index contributed by atoms with van der Waals surface area (Å²) in [7, 11) is 0. The van der Waals surface area contributed by atoms with Gasteiger partial charge in [0.2, 0.25) is 0 Å². The molecule has 2 aromatic carbocycles. The monoisotopic (exact) mass is 330 g/mol. The minimum absolute atomic E-state index is 0.559. The van der Waals surface area contributed by atoms with Crippen molar-refractivity contribution in [1.29, 1.82) is 0 Å². The Morgan fingerprint density at radius 3 is 2.45 bits per heavy atom. The van der Waals surface area contributed by atoms with Gasteiger partial charge in [0.1, 0.15) is 16.9 Å². The second-order valence-corrected chi connectivity index (χ2v) is 6.10. The number of para-hydroxylation sites is 1. The van der Waals surface area contributed by atoms with Crippen LogP contribution in [0.25, 0.3) is 11.0 Å². The first-order valence-electron chi connectivity index (χ1n) is 6.46. The third-order valence-electron chi connectivity index (χ3n) is 3.63. The van der Waals surface area contributed by atoms with Crippen molar-refractivity contribution in [3.63, 3.8) is 0 Å². The third kappa shape index (κ3) is 2.17. The van der Waals surface area contributed by atoms with Crippen LogP contribution < -0.4 is 0 Å². The van der Waals surface area contributed by atoms with Crippen molar-refractivity contribution in [3.8, 4) is 0 Å². The van der Waals surface area contributed by atoms with Gasteiger partial charge in [-0.3, -0.25) is 0 Å². The Bertz CT molecular complexity index is 754. The molecular formula is C17H15BrO2. The molecule has 20 heavy (non-hydrogen) atoms. The zero-order chi connectivity index (χ0) is 14.3. The van der Waals surface area contributed by atoms with Gasteiger partial charge < -0.3 is 9.52 Å². The summed E-state index contributed by atoms with van der Waals surface area (Å²) in [5.74, 6) is 0.559. The number of rotatable bonds is 2. The van der Waals surface area contributed by atoms with E-state index in [2.05, 4.69) is 15.9 Å². The smallest absolute Gasteiger partial charge is 0.144 e. The molecule has 0 aliphatic heterocycles. The Morgan fingerprint density at radius 1 is 1.10 bits per heavy atom. The Morgan fingerprint density at radius 2 is 1.80 bits per heavy atom. The maximum absolute atomic E-state index is 10.8. The molecule has 1 atom stereocenters. The molecule has 102 valence electrons. The number of hydrogen-bond acceptors (Lipinski definition) is 2. The molecule has 0 fully saturated rings. The van der Waals surface area contributed by atoms with Crippen molar-refractivity contribution in [1.82, 2.24) is 0 Å². The van der Waals surface area contributed by atoms with Crippen LogP contribution in [-0.4, -0.2) is 5.11 Å². The average molecular weight is 331 g/mol. The molecule has 0 aliphatic rings. The highest BCUT2D eigenvalue weighted by Crippen LogP contribution is 2.34. The van der Waals surface area contributed by atoms with E-state index in [1.807, 2.05) is 55.5 Å². The summed E-state index contributed by atoms with van der Waals surface area (Å²) < 4.78 is 6.87. The molecule has 1 N–H and O–H groups in total. The van der Waals surface area contributed by atoms with Crippen LogP contribution in [0.3, 0.4) is 0 Å². The van der Waals surface area contributed by atoms with E-state index in [-0.39, 0.29) is 0 Å². The van der Waals surface area contributed by atoms with Crippen molar-refractivity contribution in [2.24, 2.45) is 0 Å². The van der Waals surface area contributed by atoms with Crippen molar-refractivity contribution in [2.45, 2.75) is 19.4 Å². The fraction of sp³-hybridized carbons (Fsp3) is 0.176. The van der Waals surface area contributed by atoms with E-state index in [1.165, 1.54) is 0 Å². The van der Waals surface area contributed by atoms with Gasteiger partial charge in [0.15, 0.2) is 0 Å².